The molecule has 1 aliphatic heterocycles. The van der Waals surface area contributed by atoms with Gasteiger partial charge >= 0.3 is 0 Å². The molecule has 0 aromatic heterocycles. The van der Waals surface area contributed by atoms with Crippen molar-refractivity contribution in [2.24, 2.45) is 0 Å². The van der Waals surface area contributed by atoms with E-state index in [0.717, 1.165) is 0 Å². The molecule has 0 saturated heterocycles. The number of halogens is 1. The van der Waals surface area contributed by atoms with Crippen LogP contribution in [0, 0.1) is 0 Å². The van der Waals surface area contributed by atoms with Gasteiger partial charge in [0.1, 0.15) is 5.75 Å². The van der Waals surface area contributed by atoms with E-state index in [4.69, 9.17) is 16.3 Å². The molecule has 0 radical (unpaired) electrons. The van der Waals surface area contributed by atoms with Gasteiger partial charge in [-0.2, -0.15) is 0 Å². The summed E-state index contributed by atoms with van der Waals surface area (Å²) >= 11 is 6.00. The lowest BCUT2D eigenvalue weighted by atomic mass is 9.97. The number of hydrogen-bond donors (Lipinski definition) is 1. The van der Waals surface area contributed by atoms with Crippen LogP contribution in [0.1, 0.15) is 23.7 Å². The lowest BCUT2D eigenvalue weighted by molar-refractivity contribution is 0.0974. The second kappa shape index (κ2) is 3.74. The van der Waals surface area contributed by atoms with Crippen molar-refractivity contribution in [3.05, 3.63) is 22.7 Å². The number of carbonyl (C=O) groups is 1. The third-order valence-electron chi connectivity index (χ3n) is 2.50. The summed E-state index contributed by atoms with van der Waals surface area (Å²) in [5.41, 5.74) is 1.27. The van der Waals surface area contributed by atoms with Crippen molar-refractivity contribution in [3.63, 3.8) is 0 Å². The molecular weight excluding hydrogens is 214 g/mol. The summed E-state index contributed by atoms with van der Waals surface area (Å²) in [6.45, 7) is 1.96. The van der Waals surface area contributed by atoms with Gasteiger partial charge in [-0.1, -0.05) is 11.6 Å². The highest BCUT2D eigenvalue weighted by Crippen LogP contribution is 2.37. The van der Waals surface area contributed by atoms with E-state index in [9.17, 15) is 4.79 Å². The minimum absolute atomic E-state index is 0.0696. The van der Waals surface area contributed by atoms with Crippen LogP contribution in [0.4, 0.5) is 5.69 Å². The van der Waals surface area contributed by atoms with Crippen LogP contribution in [-0.2, 0) is 0 Å². The molecular formula is C11H12ClNO2. The summed E-state index contributed by atoms with van der Waals surface area (Å²) in [6.07, 6.45) is 0.472. The SMILES string of the molecule is COc1ccc(Cl)c2c1NC(C)CC2=O. The molecule has 1 aromatic carbocycles. The molecule has 0 aliphatic carbocycles. The Morgan fingerprint density at radius 2 is 2.27 bits per heavy atom. The molecule has 1 N–H and O–H groups in total. The molecule has 1 heterocycles. The number of ketones is 1. The smallest absolute Gasteiger partial charge is 0.168 e. The number of carbonyl (C=O) groups excluding carboxylic acids is 1. The van der Waals surface area contributed by atoms with Crippen molar-refractivity contribution in [1.29, 1.82) is 0 Å². The van der Waals surface area contributed by atoms with Gasteiger partial charge in [0.25, 0.3) is 0 Å². The van der Waals surface area contributed by atoms with Crippen molar-refractivity contribution >= 4 is 23.1 Å². The molecule has 0 fully saturated rings. The van der Waals surface area contributed by atoms with Gasteiger partial charge < -0.3 is 10.1 Å². The number of ether oxygens (including phenoxy) is 1. The molecule has 0 saturated carbocycles. The van der Waals surface area contributed by atoms with Gasteiger partial charge in [0.15, 0.2) is 5.78 Å². The minimum Gasteiger partial charge on any atom is -0.495 e. The Morgan fingerprint density at radius 1 is 1.53 bits per heavy atom. The molecule has 1 aliphatic rings. The number of hydrogen-bond acceptors (Lipinski definition) is 3. The van der Waals surface area contributed by atoms with Crippen LogP contribution in [0.15, 0.2) is 12.1 Å². The van der Waals surface area contributed by atoms with Gasteiger partial charge in [-0.05, 0) is 19.1 Å². The lowest BCUT2D eigenvalue weighted by Gasteiger charge is -2.25. The van der Waals surface area contributed by atoms with Gasteiger partial charge in [0.05, 0.1) is 23.4 Å². The largest absolute Gasteiger partial charge is 0.495 e. The van der Waals surface area contributed by atoms with Gasteiger partial charge in [0.2, 0.25) is 0 Å². The number of rotatable bonds is 1. The first-order chi connectivity index (χ1) is 7.13. The Balaban J connectivity index is 2.61. The lowest BCUT2D eigenvalue weighted by Crippen LogP contribution is -2.27. The van der Waals surface area contributed by atoms with E-state index in [-0.39, 0.29) is 11.8 Å². The van der Waals surface area contributed by atoms with Crippen molar-refractivity contribution in [2.45, 2.75) is 19.4 Å². The Kier molecular flexibility index (Phi) is 2.57. The molecule has 2 rings (SSSR count). The number of Topliss-reactive ketones (excluding diaryl/α,β-unsaturated/α-hetero) is 1. The molecule has 15 heavy (non-hydrogen) atoms. The van der Waals surface area contributed by atoms with Crippen LogP contribution < -0.4 is 10.1 Å². The summed E-state index contributed by atoms with van der Waals surface area (Å²) in [5, 5.41) is 3.70. The minimum atomic E-state index is 0.0696. The highest BCUT2D eigenvalue weighted by molar-refractivity contribution is 6.35. The molecule has 80 valence electrons. The van der Waals surface area contributed by atoms with E-state index in [0.29, 0.717) is 28.4 Å². The first kappa shape index (κ1) is 10.3. The van der Waals surface area contributed by atoms with Crippen molar-refractivity contribution in [3.8, 4) is 5.75 Å². The van der Waals surface area contributed by atoms with Crippen molar-refractivity contribution < 1.29 is 9.53 Å². The van der Waals surface area contributed by atoms with Crippen LogP contribution in [0.5, 0.6) is 5.75 Å². The number of benzene rings is 1. The summed E-state index contributed by atoms with van der Waals surface area (Å²) in [4.78, 5) is 11.8. The fourth-order valence-electron chi connectivity index (χ4n) is 1.82. The Bertz CT molecular complexity index is 417. The van der Waals surface area contributed by atoms with E-state index in [1.807, 2.05) is 6.92 Å². The maximum absolute atomic E-state index is 11.8. The zero-order chi connectivity index (χ0) is 11.0. The summed E-state index contributed by atoms with van der Waals surface area (Å²) < 4.78 is 5.19. The van der Waals surface area contributed by atoms with E-state index in [2.05, 4.69) is 5.32 Å². The van der Waals surface area contributed by atoms with E-state index < -0.39 is 0 Å². The zero-order valence-electron chi connectivity index (χ0n) is 8.63. The predicted molar refractivity (Wildman–Crippen MR) is 60.0 cm³/mol. The number of nitrogens with one attached hydrogen (secondary N) is 1. The first-order valence-corrected chi connectivity index (χ1v) is 5.17. The van der Waals surface area contributed by atoms with Crippen LogP contribution in [-0.4, -0.2) is 18.9 Å². The van der Waals surface area contributed by atoms with Crippen LogP contribution >= 0.6 is 11.6 Å². The molecule has 0 amide bonds. The van der Waals surface area contributed by atoms with Crippen molar-refractivity contribution in [2.75, 3.05) is 12.4 Å². The Morgan fingerprint density at radius 3 is 2.93 bits per heavy atom. The average molecular weight is 226 g/mol. The van der Waals surface area contributed by atoms with Gasteiger partial charge in [-0.15, -0.1) is 0 Å². The number of fused-ring (bicyclic) bond motifs is 1. The summed E-state index contributed by atoms with van der Waals surface area (Å²) in [6, 6.07) is 3.58. The van der Waals surface area contributed by atoms with Crippen LogP contribution in [0.2, 0.25) is 5.02 Å². The summed E-state index contributed by atoms with van der Waals surface area (Å²) in [7, 11) is 1.58. The van der Waals surface area contributed by atoms with E-state index in [1.165, 1.54) is 0 Å². The monoisotopic (exact) mass is 225 g/mol. The highest BCUT2D eigenvalue weighted by atomic mass is 35.5. The second-order valence-electron chi connectivity index (χ2n) is 3.67. The highest BCUT2D eigenvalue weighted by Gasteiger charge is 2.26. The fraction of sp³-hybridized carbons (Fsp3) is 0.364. The van der Waals surface area contributed by atoms with Crippen molar-refractivity contribution in [1.82, 2.24) is 0 Å². The summed E-state index contributed by atoms with van der Waals surface area (Å²) in [5.74, 6) is 0.731. The fourth-order valence-corrected chi connectivity index (χ4v) is 2.08. The molecule has 3 nitrogen and oxygen atoms in total. The second-order valence-corrected chi connectivity index (χ2v) is 4.08. The van der Waals surface area contributed by atoms with E-state index >= 15 is 0 Å². The standard InChI is InChI=1S/C11H12ClNO2/c1-6-5-8(14)10-7(12)3-4-9(15-2)11(10)13-6/h3-4,6,13H,5H2,1-2H3. The predicted octanol–water partition coefficient (Wildman–Crippen LogP) is 2.74. The molecule has 1 aromatic rings. The molecule has 1 unspecified atom stereocenters. The normalized spacial score (nSPS) is 19.4. The maximum Gasteiger partial charge on any atom is 0.168 e. The first-order valence-electron chi connectivity index (χ1n) is 4.79. The van der Waals surface area contributed by atoms with Crippen LogP contribution in [0.3, 0.4) is 0 Å². The van der Waals surface area contributed by atoms with E-state index in [1.54, 1.807) is 19.2 Å². The topological polar surface area (TPSA) is 38.3 Å². The molecule has 0 bridgehead atoms. The quantitative estimate of drug-likeness (QED) is 0.799. The molecule has 1 atom stereocenters. The zero-order valence-corrected chi connectivity index (χ0v) is 9.39. The van der Waals surface area contributed by atoms with Gasteiger partial charge in [-0.3, -0.25) is 4.79 Å². The molecule has 0 spiro atoms. The Hall–Kier alpha value is -1.22. The third-order valence-corrected chi connectivity index (χ3v) is 2.81. The van der Waals surface area contributed by atoms with Gasteiger partial charge in [-0.25, -0.2) is 0 Å². The number of methoxy groups -OCH3 is 1. The van der Waals surface area contributed by atoms with Gasteiger partial charge in [0, 0.05) is 12.5 Å². The average Bonchev–Trinajstić information content (AvgIpc) is 2.17. The number of anilines is 1. The van der Waals surface area contributed by atoms with Crippen LogP contribution in [0.25, 0.3) is 0 Å². The Labute approximate surface area is 93.4 Å². The third kappa shape index (κ3) is 1.67. The maximum atomic E-state index is 11.8. The molecule has 4 heteroatoms.